The molecule has 4 heteroatoms. The highest BCUT2D eigenvalue weighted by atomic mass is 16.3. The van der Waals surface area contributed by atoms with E-state index in [4.69, 9.17) is 10.8 Å². The van der Waals surface area contributed by atoms with Crippen LogP contribution in [0.4, 0.5) is 0 Å². The molecular weight excluding hydrogens is 190 g/mol. The molecule has 0 aromatic carbocycles. The average Bonchev–Trinajstić information content (AvgIpc) is 2.18. The Morgan fingerprint density at radius 1 is 1.40 bits per heavy atom. The van der Waals surface area contributed by atoms with Gasteiger partial charge in [0, 0.05) is 6.54 Å². The van der Waals surface area contributed by atoms with Crippen molar-refractivity contribution in [2.75, 3.05) is 33.7 Å². The second-order valence-electron chi connectivity index (χ2n) is 2.92. The highest BCUT2D eigenvalue weighted by molar-refractivity contribution is 4.72. The number of hydrogen-bond donors (Lipinski definition) is 3. The Kier molecular flexibility index (Phi) is 25.0. The zero-order valence-electron chi connectivity index (χ0n) is 11.0. The molecule has 0 heterocycles. The summed E-state index contributed by atoms with van der Waals surface area (Å²) in [6, 6.07) is 0. The molecule has 0 saturated heterocycles. The minimum absolute atomic E-state index is 0.0394. The number of aliphatic hydroxyl groups excluding tert-OH is 1. The molecule has 0 rings (SSSR count). The first kappa shape index (κ1) is 19.8. The Bertz CT molecular complexity index is 116. The van der Waals surface area contributed by atoms with Crippen molar-refractivity contribution in [3.05, 3.63) is 12.5 Å². The van der Waals surface area contributed by atoms with Crippen molar-refractivity contribution in [3.63, 3.8) is 0 Å². The van der Waals surface area contributed by atoms with Gasteiger partial charge in [-0.1, -0.05) is 13.8 Å². The molecule has 0 fully saturated rings. The van der Waals surface area contributed by atoms with Gasteiger partial charge in [0.05, 0.1) is 0 Å². The zero-order chi connectivity index (χ0) is 12.7. The first-order chi connectivity index (χ1) is 7.04. The number of rotatable bonds is 5. The maximum Gasteiger partial charge on any atom is 0.176 e. The normalized spacial score (nSPS) is 8.20. The fourth-order valence-electron chi connectivity index (χ4n) is 0.612. The van der Waals surface area contributed by atoms with Crippen LogP contribution < -0.4 is 11.1 Å². The van der Waals surface area contributed by atoms with E-state index in [1.807, 2.05) is 20.8 Å². The van der Waals surface area contributed by atoms with Crippen LogP contribution in [0.25, 0.3) is 0 Å². The zero-order valence-corrected chi connectivity index (χ0v) is 11.0. The fraction of sp³-hybridized carbons (Fsp3) is 0.818. The lowest BCUT2D eigenvalue weighted by Gasteiger charge is -2.05. The van der Waals surface area contributed by atoms with E-state index in [0.29, 0.717) is 0 Å². The summed E-state index contributed by atoms with van der Waals surface area (Å²) in [5, 5.41) is 10.8. The Hall–Kier alpha value is -0.740. The van der Waals surface area contributed by atoms with Crippen LogP contribution >= 0.6 is 0 Å². The van der Waals surface area contributed by atoms with Crippen LogP contribution in [-0.2, 0) is 0 Å². The molecule has 0 saturated carbocycles. The van der Waals surface area contributed by atoms with Crippen LogP contribution in [0.3, 0.4) is 0 Å². The maximum atomic E-state index is 8.25. The molecule has 15 heavy (non-hydrogen) atoms. The van der Waals surface area contributed by atoms with Gasteiger partial charge in [0.2, 0.25) is 0 Å². The first-order valence-corrected chi connectivity index (χ1v) is 5.51. The number of nitrogens with zero attached hydrogens (tertiary/aromatic N) is 1. The summed E-state index contributed by atoms with van der Waals surface area (Å²) in [6.07, 6.45) is 1.10. The molecule has 0 aliphatic heterocycles. The quantitative estimate of drug-likeness (QED) is 0.614. The molecule has 0 aromatic rings. The summed E-state index contributed by atoms with van der Waals surface area (Å²) in [5.41, 5.74) is 5.25. The SMILES string of the molecule is C=C(O)NCC.CC.CN(C)CCCN. The van der Waals surface area contributed by atoms with Gasteiger partial charge in [0.15, 0.2) is 5.88 Å². The lowest BCUT2D eigenvalue weighted by atomic mass is 10.4. The molecule has 0 spiro atoms. The summed E-state index contributed by atoms with van der Waals surface area (Å²) in [6.45, 7) is 11.7. The third kappa shape index (κ3) is 42.9. The number of nitrogens with two attached hydrogens (primary N) is 1. The molecule has 0 aromatic heterocycles. The van der Waals surface area contributed by atoms with E-state index < -0.39 is 0 Å². The highest BCUT2D eigenvalue weighted by Gasteiger charge is 1.83. The van der Waals surface area contributed by atoms with Crippen molar-refractivity contribution < 1.29 is 5.11 Å². The second kappa shape index (κ2) is 18.9. The van der Waals surface area contributed by atoms with Gasteiger partial charge in [-0.05, 0) is 47.1 Å². The van der Waals surface area contributed by atoms with Crippen LogP contribution in [0, 0.1) is 0 Å². The van der Waals surface area contributed by atoms with Gasteiger partial charge < -0.3 is 21.1 Å². The second-order valence-corrected chi connectivity index (χ2v) is 2.92. The standard InChI is InChI=1S/C5H14N2.C4H9NO.C2H6/c1-7(2)5-3-4-6;1-3-5-4(2)6;1-2/h3-6H2,1-2H3;5-6H,2-3H2,1H3;1-2H3. The lowest BCUT2D eigenvalue weighted by Crippen LogP contribution is -2.16. The van der Waals surface area contributed by atoms with E-state index in [-0.39, 0.29) is 5.88 Å². The summed E-state index contributed by atoms with van der Waals surface area (Å²) < 4.78 is 0. The van der Waals surface area contributed by atoms with E-state index in [9.17, 15) is 0 Å². The van der Waals surface area contributed by atoms with Crippen molar-refractivity contribution in [1.29, 1.82) is 0 Å². The third-order valence-electron chi connectivity index (χ3n) is 1.19. The van der Waals surface area contributed by atoms with Crippen molar-refractivity contribution in [3.8, 4) is 0 Å². The van der Waals surface area contributed by atoms with Gasteiger partial charge in [-0.2, -0.15) is 0 Å². The topological polar surface area (TPSA) is 61.5 Å². The monoisotopic (exact) mass is 219 g/mol. The molecule has 94 valence electrons. The molecule has 0 bridgehead atoms. The van der Waals surface area contributed by atoms with Crippen LogP contribution in [0.5, 0.6) is 0 Å². The molecule has 0 aliphatic rings. The van der Waals surface area contributed by atoms with E-state index in [1.54, 1.807) is 0 Å². The largest absolute Gasteiger partial charge is 0.495 e. The van der Waals surface area contributed by atoms with Crippen molar-refractivity contribution >= 4 is 0 Å². The predicted octanol–water partition coefficient (Wildman–Crippen LogP) is 1.55. The van der Waals surface area contributed by atoms with E-state index >= 15 is 0 Å². The summed E-state index contributed by atoms with van der Waals surface area (Å²) in [7, 11) is 4.10. The molecule has 0 atom stereocenters. The van der Waals surface area contributed by atoms with Gasteiger partial charge in [-0.25, -0.2) is 0 Å². The van der Waals surface area contributed by atoms with Crippen molar-refractivity contribution in [2.45, 2.75) is 27.2 Å². The molecule has 0 aliphatic carbocycles. The number of hydrogen-bond acceptors (Lipinski definition) is 4. The van der Waals surface area contributed by atoms with Crippen LogP contribution in [0.15, 0.2) is 12.5 Å². The lowest BCUT2D eigenvalue weighted by molar-refractivity contribution is 0.371. The predicted molar refractivity (Wildman–Crippen MR) is 69.0 cm³/mol. The van der Waals surface area contributed by atoms with Gasteiger partial charge in [-0.3, -0.25) is 0 Å². The Morgan fingerprint density at radius 2 is 1.87 bits per heavy atom. The Morgan fingerprint density at radius 3 is 1.93 bits per heavy atom. The smallest absolute Gasteiger partial charge is 0.176 e. The number of aliphatic hydroxyl groups is 1. The molecule has 4 nitrogen and oxygen atoms in total. The fourth-order valence-corrected chi connectivity index (χ4v) is 0.612. The summed E-state index contributed by atoms with van der Waals surface area (Å²) >= 11 is 0. The minimum atomic E-state index is 0.0394. The van der Waals surface area contributed by atoms with Crippen LogP contribution in [0.1, 0.15) is 27.2 Å². The summed E-state index contributed by atoms with van der Waals surface area (Å²) in [4.78, 5) is 2.13. The Labute approximate surface area is 95.2 Å². The third-order valence-corrected chi connectivity index (χ3v) is 1.19. The van der Waals surface area contributed by atoms with Gasteiger partial charge in [0.1, 0.15) is 0 Å². The molecule has 0 amide bonds. The van der Waals surface area contributed by atoms with Gasteiger partial charge in [-0.15, -0.1) is 0 Å². The molecule has 0 unspecified atom stereocenters. The maximum absolute atomic E-state index is 8.25. The van der Waals surface area contributed by atoms with Gasteiger partial charge >= 0.3 is 0 Å². The average molecular weight is 219 g/mol. The molecule has 4 N–H and O–H groups in total. The Balaban J connectivity index is -0.000000166. The van der Waals surface area contributed by atoms with Gasteiger partial charge in [0.25, 0.3) is 0 Å². The van der Waals surface area contributed by atoms with E-state index in [1.165, 1.54) is 0 Å². The van der Waals surface area contributed by atoms with E-state index in [2.05, 4.69) is 30.9 Å². The number of nitrogens with one attached hydrogen (secondary N) is 1. The molecule has 0 radical (unpaired) electrons. The summed E-state index contributed by atoms with van der Waals surface area (Å²) in [5.74, 6) is 0.0394. The first-order valence-electron chi connectivity index (χ1n) is 5.51. The van der Waals surface area contributed by atoms with Crippen molar-refractivity contribution in [1.82, 2.24) is 10.2 Å². The highest BCUT2D eigenvalue weighted by Crippen LogP contribution is 1.76. The van der Waals surface area contributed by atoms with Crippen LogP contribution in [-0.4, -0.2) is 43.7 Å². The molecular formula is C11H29N3O. The van der Waals surface area contributed by atoms with Crippen molar-refractivity contribution in [2.24, 2.45) is 5.73 Å². The minimum Gasteiger partial charge on any atom is -0.495 e. The van der Waals surface area contributed by atoms with Crippen LogP contribution in [0.2, 0.25) is 0 Å². The van der Waals surface area contributed by atoms with E-state index in [0.717, 1.165) is 26.1 Å².